The van der Waals surface area contributed by atoms with Crippen molar-refractivity contribution in [1.82, 2.24) is 4.90 Å². The molecule has 106 valence electrons. The van der Waals surface area contributed by atoms with E-state index >= 15 is 0 Å². The van der Waals surface area contributed by atoms with Crippen molar-refractivity contribution in [3.05, 3.63) is 71.0 Å². The Hall–Kier alpha value is -2.00. The third kappa shape index (κ3) is 2.00. The van der Waals surface area contributed by atoms with Gasteiger partial charge in [-0.2, -0.15) is 0 Å². The lowest BCUT2D eigenvalue weighted by Gasteiger charge is -2.17. The molecule has 21 heavy (non-hydrogen) atoms. The Balaban J connectivity index is 1.60. The van der Waals surface area contributed by atoms with E-state index in [9.17, 15) is 9.18 Å². The van der Waals surface area contributed by atoms with Crippen LogP contribution in [-0.2, 0) is 6.54 Å². The van der Waals surface area contributed by atoms with Gasteiger partial charge in [0.1, 0.15) is 5.82 Å². The molecule has 0 saturated carbocycles. The molecule has 0 spiro atoms. The maximum atomic E-state index is 14.1. The number of carbonyl (C=O) groups is 1. The molecule has 3 heteroatoms. The Morgan fingerprint density at radius 3 is 2.57 bits per heavy atom. The van der Waals surface area contributed by atoms with Crippen molar-refractivity contribution in [2.45, 2.75) is 12.5 Å². The van der Waals surface area contributed by atoms with Crippen molar-refractivity contribution in [3.8, 4) is 0 Å². The van der Waals surface area contributed by atoms with Crippen LogP contribution in [0.25, 0.3) is 0 Å². The van der Waals surface area contributed by atoms with Crippen LogP contribution in [0.15, 0.2) is 48.5 Å². The maximum absolute atomic E-state index is 14.1. The molecule has 1 heterocycles. The van der Waals surface area contributed by atoms with Gasteiger partial charge in [0.2, 0.25) is 0 Å². The number of Topliss-reactive ketones (excluding diaryl/α,β-unsaturated/α-hetero) is 1. The topological polar surface area (TPSA) is 20.3 Å². The molecule has 4 rings (SSSR count). The fourth-order valence-electron chi connectivity index (χ4n) is 3.74. The molecule has 0 N–H and O–H groups in total. The van der Waals surface area contributed by atoms with Crippen LogP contribution in [0.3, 0.4) is 0 Å². The van der Waals surface area contributed by atoms with Crippen molar-refractivity contribution < 1.29 is 9.18 Å². The van der Waals surface area contributed by atoms with Crippen LogP contribution < -0.4 is 0 Å². The van der Waals surface area contributed by atoms with E-state index in [1.807, 2.05) is 18.2 Å². The minimum atomic E-state index is -0.227. The predicted octanol–water partition coefficient (Wildman–Crippen LogP) is 3.24. The number of rotatable bonds is 2. The molecule has 1 aliphatic heterocycles. The van der Waals surface area contributed by atoms with Crippen LogP contribution in [0.1, 0.15) is 27.4 Å². The van der Waals surface area contributed by atoms with Crippen molar-refractivity contribution in [1.29, 1.82) is 0 Å². The molecule has 1 fully saturated rings. The smallest absolute Gasteiger partial charge is 0.168 e. The zero-order valence-electron chi connectivity index (χ0n) is 11.6. The molecule has 2 atom stereocenters. The van der Waals surface area contributed by atoms with E-state index in [1.165, 1.54) is 11.6 Å². The largest absolute Gasteiger partial charge is 0.298 e. The van der Waals surface area contributed by atoms with Crippen molar-refractivity contribution in [2.75, 3.05) is 13.1 Å². The van der Waals surface area contributed by atoms with Gasteiger partial charge in [-0.15, -0.1) is 0 Å². The summed E-state index contributed by atoms with van der Waals surface area (Å²) in [7, 11) is 0. The average Bonchev–Trinajstić information content (AvgIpc) is 3.00. The molecule has 2 aromatic rings. The Kier molecular flexibility index (Phi) is 2.89. The van der Waals surface area contributed by atoms with Gasteiger partial charge in [0, 0.05) is 42.6 Å². The van der Waals surface area contributed by atoms with Crippen molar-refractivity contribution >= 4 is 5.78 Å². The Labute approximate surface area is 123 Å². The normalized spacial score (nSPS) is 24.1. The van der Waals surface area contributed by atoms with Gasteiger partial charge in [0.05, 0.1) is 0 Å². The highest BCUT2D eigenvalue weighted by molar-refractivity contribution is 6.03. The highest BCUT2D eigenvalue weighted by atomic mass is 19.1. The fourth-order valence-corrected chi connectivity index (χ4v) is 3.74. The summed E-state index contributed by atoms with van der Waals surface area (Å²) >= 11 is 0. The lowest BCUT2D eigenvalue weighted by Crippen LogP contribution is -2.23. The minimum absolute atomic E-state index is 0.0254. The molecule has 2 unspecified atom stereocenters. The molecule has 0 amide bonds. The summed E-state index contributed by atoms with van der Waals surface area (Å²) in [5.41, 5.74) is 2.48. The SMILES string of the molecule is O=C1c2cccc(F)c2C2CN(Cc3ccccc3)CC12. The molecule has 1 aliphatic carbocycles. The van der Waals surface area contributed by atoms with Gasteiger partial charge in [-0.05, 0) is 11.6 Å². The molecule has 0 aromatic heterocycles. The number of likely N-dealkylation sites (tertiary alicyclic amines) is 1. The third-order valence-electron chi connectivity index (χ3n) is 4.67. The van der Waals surface area contributed by atoms with Crippen LogP contribution >= 0.6 is 0 Å². The van der Waals surface area contributed by atoms with E-state index in [0.717, 1.165) is 19.6 Å². The molecule has 2 aliphatic rings. The Morgan fingerprint density at radius 1 is 1.00 bits per heavy atom. The first-order valence-corrected chi connectivity index (χ1v) is 7.33. The fraction of sp³-hybridized carbons (Fsp3) is 0.278. The van der Waals surface area contributed by atoms with Gasteiger partial charge in [-0.3, -0.25) is 9.69 Å². The van der Waals surface area contributed by atoms with Gasteiger partial charge in [0.15, 0.2) is 5.78 Å². The second-order valence-electron chi connectivity index (χ2n) is 5.96. The molecule has 2 aromatic carbocycles. The molecular weight excluding hydrogens is 265 g/mol. The van der Waals surface area contributed by atoms with E-state index in [1.54, 1.807) is 12.1 Å². The number of halogens is 1. The quantitative estimate of drug-likeness (QED) is 0.842. The monoisotopic (exact) mass is 281 g/mol. The van der Waals surface area contributed by atoms with E-state index in [0.29, 0.717) is 11.1 Å². The second-order valence-corrected chi connectivity index (χ2v) is 5.96. The zero-order chi connectivity index (χ0) is 14.4. The number of hydrogen-bond donors (Lipinski definition) is 0. The lowest BCUT2D eigenvalue weighted by molar-refractivity contribution is 0.0931. The summed E-state index contributed by atoms with van der Waals surface area (Å²) in [6.07, 6.45) is 0. The van der Waals surface area contributed by atoms with E-state index in [2.05, 4.69) is 17.0 Å². The Morgan fingerprint density at radius 2 is 1.76 bits per heavy atom. The van der Waals surface area contributed by atoms with Crippen LogP contribution in [-0.4, -0.2) is 23.8 Å². The van der Waals surface area contributed by atoms with Crippen LogP contribution in [0, 0.1) is 11.7 Å². The van der Waals surface area contributed by atoms with Crippen molar-refractivity contribution in [2.24, 2.45) is 5.92 Å². The summed E-state index contributed by atoms with van der Waals surface area (Å²) in [6, 6.07) is 15.1. The zero-order valence-corrected chi connectivity index (χ0v) is 11.6. The summed E-state index contributed by atoms with van der Waals surface area (Å²) in [6.45, 7) is 2.32. The first-order chi connectivity index (χ1) is 10.2. The van der Waals surface area contributed by atoms with Gasteiger partial charge in [-0.1, -0.05) is 42.5 Å². The number of benzene rings is 2. The molecule has 1 saturated heterocycles. The maximum Gasteiger partial charge on any atom is 0.168 e. The summed E-state index contributed by atoms with van der Waals surface area (Å²) in [4.78, 5) is 14.7. The first-order valence-electron chi connectivity index (χ1n) is 7.33. The standard InChI is InChI=1S/C18H16FNO/c19-16-8-4-7-13-17(16)14-10-20(11-15(14)18(13)21)9-12-5-2-1-3-6-12/h1-8,14-15H,9-11H2. The highest BCUT2D eigenvalue weighted by Gasteiger charge is 2.46. The number of nitrogens with zero attached hydrogens (tertiary/aromatic N) is 1. The second kappa shape index (κ2) is 4.78. The molecule has 0 bridgehead atoms. The van der Waals surface area contributed by atoms with E-state index < -0.39 is 0 Å². The number of carbonyl (C=O) groups excluding carboxylic acids is 1. The molecular formula is C18H16FNO. The van der Waals surface area contributed by atoms with Gasteiger partial charge >= 0.3 is 0 Å². The van der Waals surface area contributed by atoms with Crippen LogP contribution in [0.2, 0.25) is 0 Å². The number of fused-ring (bicyclic) bond motifs is 3. The average molecular weight is 281 g/mol. The first kappa shape index (κ1) is 12.7. The van der Waals surface area contributed by atoms with Gasteiger partial charge in [0.25, 0.3) is 0 Å². The highest BCUT2D eigenvalue weighted by Crippen LogP contribution is 2.44. The Bertz CT molecular complexity index is 698. The van der Waals surface area contributed by atoms with E-state index in [4.69, 9.17) is 0 Å². The van der Waals surface area contributed by atoms with Crippen LogP contribution in [0.4, 0.5) is 4.39 Å². The van der Waals surface area contributed by atoms with Gasteiger partial charge in [-0.25, -0.2) is 4.39 Å². The molecule has 0 radical (unpaired) electrons. The summed E-state index contributed by atoms with van der Waals surface area (Å²) in [5.74, 6) is -0.155. The molecule has 2 nitrogen and oxygen atoms in total. The van der Waals surface area contributed by atoms with E-state index in [-0.39, 0.29) is 23.4 Å². The van der Waals surface area contributed by atoms with Gasteiger partial charge < -0.3 is 0 Å². The number of hydrogen-bond acceptors (Lipinski definition) is 2. The predicted molar refractivity (Wildman–Crippen MR) is 78.7 cm³/mol. The van der Waals surface area contributed by atoms with Crippen LogP contribution in [0.5, 0.6) is 0 Å². The number of ketones is 1. The van der Waals surface area contributed by atoms with Crippen molar-refractivity contribution in [3.63, 3.8) is 0 Å². The minimum Gasteiger partial charge on any atom is -0.298 e. The third-order valence-corrected chi connectivity index (χ3v) is 4.67. The summed E-state index contributed by atoms with van der Waals surface area (Å²) in [5, 5.41) is 0. The summed E-state index contributed by atoms with van der Waals surface area (Å²) < 4.78 is 14.1. The lowest BCUT2D eigenvalue weighted by atomic mass is 9.96.